The number of Topliss-reactive ketones (excluding diaryl/α,β-unsaturated/α-hetero) is 1. The predicted octanol–water partition coefficient (Wildman–Crippen LogP) is 1.67. The largest absolute Gasteiger partial charge is 0.483 e. The van der Waals surface area contributed by atoms with Crippen molar-refractivity contribution in [2.45, 2.75) is 20.8 Å². The molecule has 24 heavy (non-hydrogen) atoms. The third-order valence-electron chi connectivity index (χ3n) is 3.41. The smallest absolute Gasteiger partial charge is 0.286 e. The number of nitrogens with one attached hydrogen (secondary N) is 3. The van der Waals surface area contributed by atoms with Gasteiger partial charge in [0, 0.05) is 11.8 Å². The van der Waals surface area contributed by atoms with E-state index in [2.05, 4.69) is 15.8 Å². The normalized spacial score (nSPS) is 10.1. The van der Waals surface area contributed by atoms with Crippen molar-refractivity contribution in [1.29, 1.82) is 0 Å². The first-order chi connectivity index (χ1) is 11.4. The first-order valence-electron chi connectivity index (χ1n) is 7.36. The van der Waals surface area contributed by atoms with Crippen LogP contribution in [0.2, 0.25) is 0 Å². The molecule has 2 amide bonds. The number of carbonyl (C=O) groups is 3. The maximum absolute atomic E-state index is 11.9. The highest BCUT2D eigenvalue weighted by Crippen LogP contribution is 2.21. The van der Waals surface area contributed by atoms with Gasteiger partial charge in [-0.1, -0.05) is 18.2 Å². The van der Waals surface area contributed by atoms with E-state index in [1.54, 1.807) is 0 Å². The summed E-state index contributed by atoms with van der Waals surface area (Å²) in [7, 11) is 0. The molecule has 0 aliphatic rings. The van der Waals surface area contributed by atoms with Gasteiger partial charge in [0.05, 0.1) is 0 Å². The maximum atomic E-state index is 11.9. The van der Waals surface area contributed by atoms with Crippen molar-refractivity contribution in [3.63, 3.8) is 0 Å². The molecule has 0 saturated carbocycles. The summed E-state index contributed by atoms with van der Waals surface area (Å²) in [6.45, 7) is 4.95. The lowest BCUT2D eigenvalue weighted by atomic mass is 10.1. The summed E-state index contributed by atoms with van der Waals surface area (Å²) in [6, 6.07) is 7.10. The molecule has 2 aromatic rings. The highest BCUT2D eigenvalue weighted by atomic mass is 16.5. The van der Waals surface area contributed by atoms with Gasteiger partial charge in [-0.15, -0.1) is 0 Å². The van der Waals surface area contributed by atoms with Crippen molar-refractivity contribution >= 4 is 17.6 Å². The van der Waals surface area contributed by atoms with Crippen LogP contribution in [0.3, 0.4) is 0 Å². The number of amides is 2. The van der Waals surface area contributed by atoms with Crippen LogP contribution in [0.5, 0.6) is 5.75 Å². The average molecular weight is 329 g/mol. The Hall–Kier alpha value is -3.09. The Morgan fingerprint density at radius 1 is 1.12 bits per heavy atom. The zero-order valence-corrected chi connectivity index (χ0v) is 13.7. The zero-order valence-electron chi connectivity index (χ0n) is 13.7. The van der Waals surface area contributed by atoms with Gasteiger partial charge in [0.2, 0.25) is 0 Å². The molecular formula is C17H19N3O4. The third kappa shape index (κ3) is 4.22. The lowest BCUT2D eigenvalue weighted by Crippen LogP contribution is -2.44. The Bertz CT molecular complexity index is 760. The van der Waals surface area contributed by atoms with E-state index in [-0.39, 0.29) is 18.1 Å². The molecule has 1 heterocycles. The molecule has 0 bridgehead atoms. The molecule has 0 radical (unpaired) electrons. The number of ether oxygens (including phenoxy) is 1. The van der Waals surface area contributed by atoms with Crippen LogP contribution in [0, 0.1) is 13.8 Å². The van der Waals surface area contributed by atoms with Gasteiger partial charge in [0.1, 0.15) is 11.4 Å². The minimum atomic E-state index is -0.553. The van der Waals surface area contributed by atoms with E-state index < -0.39 is 11.8 Å². The van der Waals surface area contributed by atoms with Gasteiger partial charge < -0.3 is 9.72 Å². The van der Waals surface area contributed by atoms with Crippen molar-refractivity contribution in [3.05, 3.63) is 52.8 Å². The van der Waals surface area contributed by atoms with Crippen LogP contribution in [0.15, 0.2) is 30.5 Å². The summed E-state index contributed by atoms with van der Waals surface area (Å²) in [5.41, 5.74) is 6.94. The number of aryl methyl sites for hydroxylation is 2. The second-order valence-electron chi connectivity index (χ2n) is 5.37. The molecular weight excluding hydrogens is 310 g/mol. The van der Waals surface area contributed by atoms with Crippen LogP contribution < -0.4 is 15.6 Å². The van der Waals surface area contributed by atoms with E-state index in [9.17, 15) is 14.4 Å². The summed E-state index contributed by atoms with van der Waals surface area (Å²) < 4.78 is 5.49. The van der Waals surface area contributed by atoms with Gasteiger partial charge in [-0.3, -0.25) is 25.2 Å². The quantitative estimate of drug-likeness (QED) is 0.574. The number of ketones is 1. The fraction of sp³-hybridized carbons (Fsp3) is 0.235. The van der Waals surface area contributed by atoms with E-state index in [1.807, 2.05) is 32.0 Å². The molecule has 3 N–H and O–H groups in total. The number of hydrogen-bond acceptors (Lipinski definition) is 4. The SMILES string of the molecule is CC(=O)c1c[nH]c(C(=O)NNC(=O)COc2c(C)cccc2C)c1. The number of hydrogen-bond donors (Lipinski definition) is 3. The molecule has 0 saturated heterocycles. The summed E-state index contributed by atoms with van der Waals surface area (Å²) in [5, 5.41) is 0. The number of hydrazine groups is 1. The number of para-hydroxylation sites is 1. The Labute approximate surface area is 139 Å². The molecule has 0 unspecified atom stereocenters. The first kappa shape index (κ1) is 17.3. The average Bonchev–Trinajstić information content (AvgIpc) is 3.02. The standard InChI is InChI=1S/C17H19N3O4/c1-10-5-4-6-11(2)16(10)24-9-15(22)19-20-17(23)14-7-13(8-18-14)12(3)21/h4-8,18H,9H2,1-3H3,(H,19,22)(H,20,23). The molecule has 0 atom stereocenters. The Kier molecular flexibility index (Phi) is 5.36. The number of aromatic amines is 1. The Morgan fingerprint density at radius 3 is 2.38 bits per heavy atom. The molecule has 126 valence electrons. The predicted molar refractivity (Wildman–Crippen MR) is 87.8 cm³/mol. The zero-order chi connectivity index (χ0) is 17.7. The van der Waals surface area contributed by atoms with Crippen LogP contribution in [-0.2, 0) is 4.79 Å². The van der Waals surface area contributed by atoms with Crippen molar-refractivity contribution in [2.75, 3.05) is 6.61 Å². The van der Waals surface area contributed by atoms with E-state index >= 15 is 0 Å². The molecule has 0 aliphatic heterocycles. The van der Waals surface area contributed by atoms with Gasteiger partial charge in [0.15, 0.2) is 12.4 Å². The fourth-order valence-corrected chi connectivity index (χ4v) is 2.12. The van der Waals surface area contributed by atoms with Crippen LogP contribution in [0.25, 0.3) is 0 Å². The van der Waals surface area contributed by atoms with Crippen LogP contribution in [0.4, 0.5) is 0 Å². The molecule has 0 aliphatic carbocycles. The molecule has 7 nitrogen and oxygen atoms in total. The summed E-state index contributed by atoms with van der Waals surface area (Å²) in [4.78, 5) is 37.5. The molecule has 2 rings (SSSR count). The van der Waals surface area contributed by atoms with Crippen molar-refractivity contribution in [3.8, 4) is 5.75 Å². The summed E-state index contributed by atoms with van der Waals surface area (Å²) >= 11 is 0. The minimum Gasteiger partial charge on any atom is -0.483 e. The first-order valence-corrected chi connectivity index (χ1v) is 7.36. The van der Waals surface area contributed by atoms with Crippen molar-refractivity contribution < 1.29 is 19.1 Å². The van der Waals surface area contributed by atoms with Gasteiger partial charge in [0.25, 0.3) is 11.8 Å². The maximum Gasteiger partial charge on any atom is 0.286 e. The topological polar surface area (TPSA) is 100 Å². The molecule has 7 heteroatoms. The third-order valence-corrected chi connectivity index (χ3v) is 3.41. The second kappa shape index (κ2) is 7.45. The van der Waals surface area contributed by atoms with Gasteiger partial charge in [-0.05, 0) is 38.0 Å². The molecule has 0 fully saturated rings. The molecule has 1 aromatic heterocycles. The Balaban J connectivity index is 1.84. The number of aromatic nitrogens is 1. The van der Waals surface area contributed by atoms with Crippen LogP contribution >= 0.6 is 0 Å². The number of H-pyrrole nitrogens is 1. The van der Waals surface area contributed by atoms with Gasteiger partial charge >= 0.3 is 0 Å². The van der Waals surface area contributed by atoms with E-state index in [0.29, 0.717) is 11.3 Å². The number of carbonyl (C=O) groups excluding carboxylic acids is 3. The monoisotopic (exact) mass is 329 g/mol. The fourth-order valence-electron chi connectivity index (χ4n) is 2.12. The molecule has 0 spiro atoms. The van der Waals surface area contributed by atoms with Crippen molar-refractivity contribution in [1.82, 2.24) is 15.8 Å². The van der Waals surface area contributed by atoms with E-state index in [0.717, 1.165) is 11.1 Å². The lowest BCUT2D eigenvalue weighted by Gasteiger charge is -2.12. The summed E-state index contributed by atoms with van der Waals surface area (Å²) in [6.07, 6.45) is 1.43. The highest BCUT2D eigenvalue weighted by molar-refractivity contribution is 5.99. The van der Waals surface area contributed by atoms with Crippen LogP contribution in [0.1, 0.15) is 38.9 Å². The van der Waals surface area contributed by atoms with Gasteiger partial charge in [-0.2, -0.15) is 0 Å². The Morgan fingerprint density at radius 2 is 1.79 bits per heavy atom. The van der Waals surface area contributed by atoms with Crippen LogP contribution in [-0.4, -0.2) is 29.2 Å². The number of rotatable bonds is 5. The highest BCUT2D eigenvalue weighted by Gasteiger charge is 2.12. The van der Waals surface area contributed by atoms with E-state index in [4.69, 9.17) is 4.74 Å². The van der Waals surface area contributed by atoms with Crippen molar-refractivity contribution in [2.24, 2.45) is 0 Å². The van der Waals surface area contributed by atoms with E-state index in [1.165, 1.54) is 19.2 Å². The lowest BCUT2D eigenvalue weighted by molar-refractivity contribution is -0.123. The van der Waals surface area contributed by atoms with Gasteiger partial charge in [-0.25, -0.2) is 0 Å². The number of benzene rings is 1. The molecule has 1 aromatic carbocycles. The minimum absolute atomic E-state index is 0.156. The second-order valence-corrected chi connectivity index (χ2v) is 5.37. The summed E-state index contributed by atoms with van der Waals surface area (Å²) in [5.74, 6) is -0.557.